The van der Waals surface area contributed by atoms with Crippen LogP contribution >= 0.6 is 0 Å². The van der Waals surface area contributed by atoms with Gasteiger partial charge in [-0.3, -0.25) is 14.2 Å². The van der Waals surface area contributed by atoms with Crippen molar-refractivity contribution in [1.82, 2.24) is 19.6 Å². The number of carbonyl (C=O) groups is 1. The summed E-state index contributed by atoms with van der Waals surface area (Å²) >= 11 is 0. The molecule has 1 unspecified atom stereocenters. The number of aromatic nitrogens is 4. The van der Waals surface area contributed by atoms with E-state index in [1.54, 1.807) is 0 Å². The van der Waals surface area contributed by atoms with Crippen LogP contribution in [0.5, 0.6) is 0 Å². The van der Waals surface area contributed by atoms with E-state index in [2.05, 4.69) is 17.1 Å². The predicted molar refractivity (Wildman–Crippen MR) is 76.7 cm³/mol. The first-order valence-corrected chi connectivity index (χ1v) is 7.07. The molecule has 2 aromatic heterocycles. The number of aldehydes is 1. The fourth-order valence-electron chi connectivity index (χ4n) is 2.81. The number of carbonyl (C=O) groups excluding carboxylic acids is 1. The van der Waals surface area contributed by atoms with Crippen molar-refractivity contribution in [3.05, 3.63) is 23.1 Å². The van der Waals surface area contributed by atoms with Crippen LogP contribution in [0.15, 0.2) is 6.20 Å². The summed E-state index contributed by atoms with van der Waals surface area (Å²) in [5.74, 6) is 0.707. The Balaban J connectivity index is 2.10. The Morgan fingerprint density at radius 1 is 1.35 bits per heavy atom. The standard InChI is InChI=1S/C15H20N4O/c1-9-14(11(3)18(4)16-9)15-13(8-20)7-19(17-15)10(2)12-5-6-12/h7-8,10,12H,5-6H2,1-4H3. The van der Waals surface area contributed by atoms with E-state index in [1.165, 1.54) is 12.8 Å². The lowest BCUT2D eigenvalue weighted by Crippen LogP contribution is -2.07. The van der Waals surface area contributed by atoms with Crippen molar-refractivity contribution < 1.29 is 4.79 Å². The summed E-state index contributed by atoms with van der Waals surface area (Å²) in [6, 6.07) is 0.361. The van der Waals surface area contributed by atoms with Gasteiger partial charge in [0.15, 0.2) is 6.29 Å². The summed E-state index contributed by atoms with van der Waals surface area (Å²) in [6.07, 6.45) is 5.29. The maximum Gasteiger partial charge on any atom is 0.153 e. The first kappa shape index (κ1) is 13.1. The summed E-state index contributed by atoms with van der Waals surface area (Å²) in [4.78, 5) is 11.4. The van der Waals surface area contributed by atoms with Crippen LogP contribution in [0.4, 0.5) is 0 Å². The average Bonchev–Trinajstić information content (AvgIpc) is 3.13. The highest BCUT2D eigenvalue weighted by atomic mass is 16.1. The van der Waals surface area contributed by atoms with Gasteiger partial charge in [-0.1, -0.05) is 0 Å². The van der Waals surface area contributed by atoms with Crippen LogP contribution in [0.2, 0.25) is 0 Å². The summed E-state index contributed by atoms with van der Waals surface area (Å²) in [5.41, 5.74) is 4.34. The summed E-state index contributed by atoms with van der Waals surface area (Å²) in [6.45, 7) is 6.14. The molecular formula is C15H20N4O. The second-order valence-electron chi connectivity index (χ2n) is 5.78. The Labute approximate surface area is 118 Å². The van der Waals surface area contributed by atoms with Gasteiger partial charge in [-0.05, 0) is 39.5 Å². The lowest BCUT2D eigenvalue weighted by molar-refractivity contribution is 0.112. The highest BCUT2D eigenvalue weighted by Crippen LogP contribution is 2.40. The molecule has 0 spiro atoms. The van der Waals surface area contributed by atoms with Gasteiger partial charge in [0.1, 0.15) is 5.69 Å². The van der Waals surface area contributed by atoms with E-state index in [-0.39, 0.29) is 0 Å². The lowest BCUT2D eigenvalue weighted by atomic mass is 10.1. The van der Waals surface area contributed by atoms with Crippen molar-refractivity contribution in [3.8, 4) is 11.3 Å². The van der Waals surface area contributed by atoms with Crippen LogP contribution in [-0.2, 0) is 7.05 Å². The molecule has 2 heterocycles. The van der Waals surface area contributed by atoms with Crippen LogP contribution in [-0.4, -0.2) is 25.8 Å². The molecule has 0 bridgehead atoms. The van der Waals surface area contributed by atoms with Crippen molar-refractivity contribution in [1.29, 1.82) is 0 Å². The molecule has 0 aliphatic heterocycles. The summed E-state index contributed by atoms with van der Waals surface area (Å²) in [7, 11) is 1.91. The third kappa shape index (κ3) is 1.97. The molecule has 5 heteroatoms. The molecule has 1 aliphatic carbocycles. The molecule has 1 atom stereocenters. The van der Waals surface area contributed by atoms with E-state index < -0.39 is 0 Å². The van der Waals surface area contributed by atoms with E-state index >= 15 is 0 Å². The maximum absolute atomic E-state index is 11.4. The molecule has 1 aliphatic rings. The number of nitrogens with zero attached hydrogens (tertiary/aromatic N) is 4. The predicted octanol–water partition coefficient (Wildman–Crippen LogP) is 2.68. The van der Waals surface area contributed by atoms with E-state index in [9.17, 15) is 4.79 Å². The molecule has 0 N–H and O–H groups in total. The molecule has 20 heavy (non-hydrogen) atoms. The fraction of sp³-hybridized carbons (Fsp3) is 0.533. The largest absolute Gasteiger partial charge is 0.298 e. The van der Waals surface area contributed by atoms with Gasteiger partial charge in [0.05, 0.1) is 17.3 Å². The Morgan fingerprint density at radius 3 is 2.55 bits per heavy atom. The molecule has 2 aromatic rings. The third-order valence-electron chi connectivity index (χ3n) is 4.35. The van der Waals surface area contributed by atoms with Crippen LogP contribution in [0.3, 0.4) is 0 Å². The first-order valence-electron chi connectivity index (χ1n) is 7.07. The van der Waals surface area contributed by atoms with Crippen LogP contribution < -0.4 is 0 Å². The zero-order chi connectivity index (χ0) is 14.4. The van der Waals surface area contributed by atoms with Gasteiger partial charge >= 0.3 is 0 Å². The van der Waals surface area contributed by atoms with Crippen LogP contribution in [0.1, 0.15) is 47.6 Å². The number of rotatable bonds is 4. The van der Waals surface area contributed by atoms with Crippen LogP contribution in [0, 0.1) is 19.8 Å². The third-order valence-corrected chi connectivity index (χ3v) is 4.35. The van der Waals surface area contributed by atoms with E-state index in [0.29, 0.717) is 17.5 Å². The second kappa shape index (κ2) is 4.58. The van der Waals surface area contributed by atoms with E-state index in [4.69, 9.17) is 0 Å². The van der Waals surface area contributed by atoms with Gasteiger partial charge < -0.3 is 0 Å². The minimum atomic E-state index is 0.361. The molecule has 0 amide bonds. The van der Waals surface area contributed by atoms with Crippen LogP contribution in [0.25, 0.3) is 11.3 Å². The van der Waals surface area contributed by atoms with Crippen molar-refractivity contribution in [2.45, 2.75) is 39.7 Å². The molecular weight excluding hydrogens is 252 g/mol. The number of hydrogen-bond acceptors (Lipinski definition) is 3. The van der Waals surface area contributed by atoms with Gasteiger partial charge in [0.2, 0.25) is 0 Å². The van der Waals surface area contributed by atoms with Gasteiger partial charge in [-0.25, -0.2) is 0 Å². The van der Waals surface area contributed by atoms with Gasteiger partial charge in [0, 0.05) is 24.5 Å². The van der Waals surface area contributed by atoms with E-state index in [1.807, 2.05) is 36.5 Å². The SMILES string of the molecule is Cc1nn(C)c(C)c1-c1nn(C(C)C2CC2)cc1C=O. The molecule has 1 fully saturated rings. The molecule has 1 saturated carbocycles. The quantitative estimate of drug-likeness (QED) is 0.804. The molecule has 0 radical (unpaired) electrons. The van der Waals surface area contributed by atoms with Gasteiger partial charge in [0.25, 0.3) is 0 Å². The average molecular weight is 272 g/mol. The summed E-state index contributed by atoms with van der Waals surface area (Å²) in [5, 5.41) is 9.09. The molecule has 0 saturated heterocycles. The molecule has 0 aromatic carbocycles. The smallest absolute Gasteiger partial charge is 0.153 e. The Morgan fingerprint density at radius 2 is 2.05 bits per heavy atom. The topological polar surface area (TPSA) is 52.7 Å². The van der Waals surface area contributed by atoms with Crippen molar-refractivity contribution in [3.63, 3.8) is 0 Å². The zero-order valence-electron chi connectivity index (χ0n) is 12.4. The number of aryl methyl sites for hydroxylation is 2. The summed E-state index contributed by atoms with van der Waals surface area (Å²) < 4.78 is 3.78. The highest BCUT2D eigenvalue weighted by Gasteiger charge is 2.30. The Hall–Kier alpha value is -1.91. The van der Waals surface area contributed by atoms with Gasteiger partial charge in [-0.2, -0.15) is 10.2 Å². The molecule has 106 valence electrons. The lowest BCUT2D eigenvalue weighted by Gasteiger charge is -2.09. The van der Waals surface area contributed by atoms with Crippen molar-refractivity contribution >= 4 is 6.29 Å². The van der Waals surface area contributed by atoms with Crippen molar-refractivity contribution in [2.24, 2.45) is 13.0 Å². The first-order chi connectivity index (χ1) is 9.52. The second-order valence-corrected chi connectivity index (χ2v) is 5.78. The maximum atomic E-state index is 11.4. The van der Waals surface area contributed by atoms with E-state index in [0.717, 1.165) is 28.9 Å². The normalized spacial score (nSPS) is 16.4. The van der Waals surface area contributed by atoms with Crippen molar-refractivity contribution in [2.75, 3.05) is 0 Å². The minimum Gasteiger partial charge on any atom is -0.298 e. The minimum absolute atomic E-state index is 0.361. The Kier molecular flexibility index (Phi) is 3.00. The zero-order valence-corrected chi connectivity index (χ0v) is 12.4. The molecule has 5 nitrogen and oxygen atoms in total. The Bertz CT molecular complexity index is 664. The number of hydrogen-bond donors (Lipinski definition) is 0. The monoisotopic (exact) mass is 272 g/mol. The fourth-order valence-corrected chi connectivity index (χ4v) is 2.81. The highest BCUT2D eigenvalue weighted by molar-refractivity contribution is 5.86. The molecule has 3 rings (SSSR count). The van der Waals surface area contributed by atoms with Gasteiger partial charge in [-0.15, -0.1) is 0 Å².